The number of phenols is 1. The van der Waals surface area contributed by atoms with Crippen molar-refractivity contribution < 1.29 is 33.8 Å². The molecule has 9 nitrogen and oxygen atoms in total. The molecule has 0 unspecified atom stereocenters. The van der Waals surface area contributed by atoms with Crippen LogP contribution in [0, 0.1) is 3.57 Å². The quantitative estimate of drug-likeness (QED) is 0.215. The van der Waals surface area contributed by atoms with E-state index >= 15 is 0 Å². The second kappa shape index (κ2) is 12.5. The lowest BCUT2D eigenvalue weighted by Crippen LogP contribution is -2.36. The molecule has 2 aromatic rings. The van der Waals surface area contributed by atoms with Crippen LogP contribution in [-0.4, -0.2) is 52.8 Å². The zero-order chi connectivity index (χ0) is 26.4. The summed E-state index contributed by atoms with van der Waals surface area (Å²) in [6.07, 6.45) is 2.14. The van der Waals surface area contributed by atoms with Crippen LogP contribution < -0.4 is 10.1 Å². The van der Waals surface area contributed by atoms with Gasteiger partial charge in [-0.1, -0.05) is 18.5 Å². The van der Waals surface area contributed by atoms with E-state index in [4.69, 9.17) is 21.1 Å². The molecule has 2 aromatic carbocycles. The Labute approximate surface area is 230 Å². The van der Waals surface area contributed by atoms with Crippen molar-refractivity contribution >= 4 is 80.7 Å². The topological polar surface area (TPSA) is 122 Å². The summed E-state index contributed by atoms with van der Waals surface area (Å²) in [6, 6.07) is 7.51. The third-order valence-corrected chi connectivity index (χ3v) is 6.79. The molecule has 0 atom stereocenters. The van der Waals surface area contributed by atoms with E-state index in [1.165, 1.54) is 24.3 Å². The van der Waals surface area contributed by atoms with Crippen LogP contribution in [0.4, 0.5) is 10.5 Å². The third kappa shape index (κ3) is 6.71. The molecule has 1 heterocycles. The van der Waals surface area contributed by atoms with Crippen LogP contribution in [0.25, 0.3) is 6.08 Å². The average Bonchev–Trinajstić information content (AvgIpc) is 3.09. The van der Waals surface area contributed by atoms with Crippen molar-refractivity contribution in [3.63, 3.8) is 0 Å². The van der Waals surface area contributed by atoms with E-state index in [1.54, 1.807) is 19.1 Å². The van der Waals surface area contributed by atoms with Crippen molar-refractivity contribution in [2.75, 3.05) is 25.1 Å². The summed E-state index contributed by atoms with van der Waals surface area (Å²) in [4.78, 5) is 51.0. The molecule has 36 heavy (non-hydrogen) atoms. The molecule has 0 spiro atoms. The maximum absolute atomic E-state index is 12.8. The maximum Gasteiger partial charge on any atom is 0.339 e. The molecule has 1 saturated heterocycles. The molecule has 1 aliphatic rings. The number of esters is 1. The summed E-state index contributed by atoms with van der Waals surface area (Å²) in [5.74, 6) is -1.63. The number of hydrogen-bond acceptors (Lipinski definition) is 8. The Balaban J connectivity index is 1.72. The van der Waals surface area contributed by atoms with Gasteiger partial charge in [-0.05, 0) is 89.7 Å². The molecule has 0 bridgehead atoms. The summed E-state index contributed by atoms with van der Waals surface area (Å²) >= 11 is 8.71. The molecule has 0 aromatic heterocycles. The summed E-state index contributed by atoms with van der Waals surface area (Å²) in [6.45, 7) is 3.69. The maximum atomic E-state index is 12.8. The molecule has 3 rings (SSSR count). The van der Waals surface area contributed by atoms with Gasteiger partial charge in [0.15, 0.2) is 11.5 Å². The number of benzene rings is 2. The zero-order valence-corrected chi connectivity index (χ0v) is 23.0. The van der Waals surface area contributed by atoms with Crippen LogP contribution in [0.3, 0.4) is 0 Å². The Morgan fingerprint density at radius 3 is 2.67 bits per heavy atom. The third-order valence-electron chi connectivity index (χ3n) is 4.73. The van der Waals surface area contributed by atoms with Gasteiger partial charge in [0.1, 0.15) is 6.54 Å². The number of carbonyl (C=O) groups is 4. The second-order valence-corrected chi connectivity index (χ2v) is 9.99. The summed E-state index contributed by atoms with van der Waals surface area (Å²) in [7, 11) is 0. The van der Waals surface area contributed by atoms with Crippen molar-refractivity contribution in [2.24, 2.45) is 0 Å². The molecular formula is C24H22ClIN2O7S. The van der Waals surface area contributed by atoms with Gasteiger partial charge in [0, 0.05) is 5.69 Å². The van der Waals surface area contributed by atoms with Gasteiger partial charge >= 0.3 is 5.97 Å². The number of ether oxygens (including phenoxy) is 2. The van der Waals surface area contributed by atoms with E-state index < -0.39 is 29.6 Å². The number of anilines is 1. The van der Waals surface area contributed by atoms with Crippen LogP contribution in [0.1, 0.15) is 36.2 Å². The lowest BCUT2D eigenvalue weighted by molar-refractivity contribution is -0.127. The summed E-state index contributed by atoms with van der Waals surface area (Å²) < 4.78 is 11.0. The molecule has 1 aliphatic heterocycles. The Morgan fingerprint density at radius 1 is 1.22 bits per heavy atom. The normalized spacial score (nSPS) is 14.3. The monoisotopic (exact) mass is 644 g/mol. The Hall–Kier alpha value is -2.77. The first kappa shape index (κ1) is 27.8. The van der Waals surface area contributed by atoms with E-state index in [0.29, 0.717) is 33.9 Å². The first-order valence-electron chi connectivity index (χ1n) is 10.8. The number of nitrogens with one attached hydrogen (secondary N) is 1. The van der Waals surface area contributed by atoms with Crippen molar-refractivity contribution in [1.82, 2.24) is 4.90 Å². The van der Waals surface area contributed by atoms with Crippen molar-refractivity contribution in [3.8, 4) is 11.5 Å². The van der Waals surface area contributed by atoms with Crippen molar-refractivity contribution in [3.05, 3.63) is 55.0 Å². The molecule has 2 N–H and O–H groups in total. The second-order valence-electron chi connectivity index (χ2n) is 7.43. The van der Waals surface area contributed by atoms with Gasteiger partial charge in [-0.25, -0.2) is 4.79 Å². The average molecular weight is 645 g/mol. The van der Waals surface area contributed by atoms with Crippen LogP contribution >= 0.6 is 46.0 Å². The molecule has 0 radical (unpaired) electrons. The Kier molecular flexibility index (Phi) is 9.63. The van der Waals surface area contributed by atoms with E-state index in [2.05, 4.69) is 5.32 Å². The largest absolute Gasteiger partial charge is 0.504 e. The van der Waals surface area contributed by atoms with Gasteiger partial charge in [0.2, 0.25) is 5.91 Å². The van der Waals surface area contributed by atoms with E-state index in [9.17, 15) is 24.3 Å². The number of nitrogens with zero attached hydrogens (tertiary/aromatic N) is 1. The van der Waals surface area contributed by atoms with E-state index in [-0.39, 0.29) is 39.3 Å². The van der Waals surface area contributed by atoms with Gasteiger partial charge in [0.05, 0.1) is 32.3 Å². The minimum atomic E-state index is -0.633. The molecule has 1 fully saturated rings. The van der Waals surface area contributed by atoms with Crippen molar-refractivity contribution in [2.45, 2.75) is 20.3 Å². The van der Waals surface area contributed by atoms with Crippen LogP contribution in [0.15, 0.2) is 35.2 Å². The minimum Gasteiger partial charge on any atom is -0.504 e. The van der Waals surface area contributed by atoms with Gasteiger partial charge in [-0.2, -0.15) is 0 Å². The number of halogens is 2. The van der Waals surface area contributed by atoms with Crippen LogP contribution in [0.2, 0.25) is 5.02 Å². The smallest absolute Gasteiger partial charge is 0.339 e. The highest BCUT2D eigenvalue weighted by atomic mass is 127. The molecule has 190 valence electrons. The number of imide groups is 1. The predicted octanol–water partition coefficient (Wildman–Crippen LogP) is 5.29. The molecular weight excluding hydrogens is 623 g/mol. The number of phenolic OH excluding ortho intramolecular Hbond substituents is 1. The zero-order valence-electron chi connectivity index (χ0n) is 19.3. The van der Waals surface area contributed by atoms with E-state index in [1.807, 2.05) is 29.5 Å². The highest BCUT2D eigenvalue weighted by molar-refractivity contribution is 14.1. The highest BCUT2D eigenvalue weighted by Gasteiger charge is 2.36. The van der Waals surface area contributed by atoms with Gasteiger partial charge in [-0.3, -0.25) is 19.3 Å². The Morgan fingerprint density at radius 2 is 1.97 bits per heavy atom. The van der Waals surface area contributed by atoms with Crippen LogP contribution in [-0.2, 0) is 14.3 Å². The number of amides is 3. The number of hydrogen-bond donors (Lipinski definition) is 2. The fourth-order valence-electron chi connectivity index (χ4n) is 3.11. The number of thioether (sulfide) groups is 1. The molecule has 12 heteroatoms. The number of aromatic hydroxyl groups is 1. The van der Waals surface area contributed by atoms with Gasteiger partial charge < -0.3 is 19.9 Å². The number of carbonyl (C=O) groups excluding carboxylic acids is 4. The van der Waals surface area contributed by atoms with Gasteiger partial charge in [-0.15, -0.1) is 0 Å². The fourth-order valence-corrected chi connectivity index (χ4v) is 4.76. The predicted molar refractivity (Wildman–Crippen MR) is 145 cm³/mol. The molecule has 0 saturated carbocycles. The van der Waals surface area contributed by atoms with Crippen LogP contribution in [0.5, 0.6) is 11.5 Å². The van der Waals surface area contributed by atoms with E-state index in [0.717, 1.165) is 4.90 Å². The van der Waals surface area contributed by atoms with Gasteiger partial charge in [0.25, 0.3) is 11.1 Å². The Bertz CT molecular complexity index is 1250. The SMILES string of the molecule is CCCOC(=O)c1cc(NC(=O)CN2C(=O)S/C(=C/c3cc(I)c(O)c(OCC)c3)C2=O)ccc1Cl. The summed E-state index contributed by atoms with van der Waals surface area (Å²) in [5.41, 5.74) is 0.906. The highest BCUT2D eigenvalue weighted by Crippen LogP contribution is 2.36. The number of rotatable bonds is 9. The van der Waals surface area contributed by atoms with Crippen molar-refractivity contribution in [1.29, 1.82) is 0 Å². The first-order chi connectivity index (χ1) is 17.1. The molecule has 3 amide bonds. The first-order valence-corrected chi connectivity index (χ1v) is 13.1. The minimum absolute atomic E-state index is 0.0108. The molecule has 0 aliphatic carbocycles. The lowest BCUT2D eigenvalue weighted by atomic mass is 10.2. The fraction of sp³-hybridized carbons (Fsp3) is 0.250. The standard InChI is InChI=1S/C24H22ClIN2O7S/c1-3-7-35-23(32)15-11-14(5-6-16(15)25)27-20(29)12-28-22(31)19(36-24(28)33)10-13-8-17(26)21(30)18(9-13)34-4-2/h5-6,8-11,30H,3-4,7,12H2,1-2H3,(H,27,29)/b19-10+. The summed E-state index contributed by atoms with van der Waals surface area (Å²) in [5, 5.41) is 12.2. The lowest BCUT2D eigenvalue weighted by Gasteiger charge is -2.13.